The molecule has 2 aliphatic rings. The molecule has 7 nitrogen and oxygen atoms in total. The van der Waals surface area contributed by atoms with Crippen LogP contribution >= 0.6 is 11.3 Å². The molecule has 1 atom stereocenters. The molecule has 2 amide bonds. The van der Waals surface area contributed by atoms with Crippen molar-refractivity contribution in [2.75, 3.05) is 18.5 Å². The highest BCUT2D eigenvalue weighted by Gasteiger charge is 2.31. The molecular weight excluding hydrogens is 426 g/mol. The number of anilines is 1. The van der Waals surface area contributed by atoms with Gasteiger partial charge in [-0.1, -0.05) is 42.5 Å². The van der Waals surface area contributed by atoms with Gasteiger partial charge in [0.25, 0.3) is 11.8 Å². The fraction of sp³-hybridized carbons (Fsp3) is 0.250. The first kappa shape index (κ1) is 20.5. The third-order valence-electron chi connectivity index (χ3n) is 5.67. The second kappa shape index (κ2) is 8.64. The summed E-state index contributed by atoms with van der Waals surface area (Å²) in [7, 11) is 0. The Hall–Kier alpha value is -3.36. The Morgan fingerprint density at radius 3 is 2.62 bits per heavy atom. The second-order valence-electron chi connectivity index (χ2n) is 7.87. The topological polar surface area (TPSA) is 93.9 Å². The fourth-order valence-electron chi connectivity index (χ4n) is 4.12. The minimum absolute atomic E-state index is 0.102. The summed E-state index contributed by atoms with van der Waals surface area (Å²) in [5.41, 5.74) is 8.30. The van der Waals surface area contributed by atoms with Gasteiger partial charge >= 0.3 is 0 Å². The van der Waals surface area contributed by atoms with Crippen LogP contribution in [0.5, 0.6) is 11.5 Å². The van der Waals surface area contributed by atoms with Crippen molar-refractivity contribution in [1.82, 2.24) is 4.90 Å². The van der Waals surface area contributed by atoms with Crippen molar-refractivity contribution >= 4 is 28.2 Å². The molecule has 2 aliphatic heterocycles. The van der Waals surface area contributed by atoms with E-state index >= 15 is 0 Å². The number of hydrogen-bond acceptors (Lipinski definition) is 6. The van der Waals surface area contributed by atoms with Crippen LogP contribution in [0.1, 0.15) is 26.4 Å². The zero-order valence-corrected chi connectivity index (χ0v) is 18.2. The molecule has 1 aromatic heterocycles. The van der Waals surface area contributed by atoms with Gasteiger partial charge in [0.15, 0.2) is 11.5 Å². The molecule has 2 aromatic carbocycles. The number of rotatable bonds is 5. The Labute approximate surface area is 189 Å². The van der Waals surface area contributed by atoms with Gasteiger partial charge in [0.05, 0.1) is 5.56 Å². The first-order valence-corrected chi connectivity index (χ1v) is 11.3. The summed E-state index contributed by atoms with van der Waals surface area (Å²) < 4.78 is 11.4. The van der Waals surface area contributed by atoms with E-state index in [0.29, 0.717) is 35.0 Å². The zero-order chi connectivity index (χ0) is 22.1. The molecule has 3 heterocycles. The number of nitrogens with two attached hydrogens (primary N) is 1. The predicted octanol–water partition coefficient (Wildman–Crippen LogP) is 3.18. The van der Waals surface area contributed by atoms with Crippen LogP contribution in [0, 0.1) is 0 Å². The SMILES string of the molecule is NC(=O)c1c(NC(=O)[C@H]2COc3ccccc3O2)sc2c1CCN(Cc1ccccc1)C2. The third kappa shape index (κ3) is 4.06. The Kier molecular flexibility index (Phi) is 5.55. The van der Waals surface area contributed by atoms with E-state index in [9.17, 15) is 9.59 Å². The maximum atomic E-state index is 12.9. The zero-order valence-electron chi connectivity index (χ0n) is 17.4. The van der Waals surface area contributed by atoms with Crippen molar-refractivity contribution < 1.29 is 19.1 Å². The molecule has 0 spiro atoms. The average molecular weight is 450 g/mol. The molecule has 0 bridgehead atoms. The van der Waals surface area contributed by atoms with Gasteiger partial charge in [0, 0.05) is 24.5 Å². The summed E-state index contributed by atoms with van der Waals surface area (Å²) in [6, 6.07) is 17.5. The maximum absolute atomic E-state index is 12.9. The highest BCUT2D eigenvalue weighted by atomic mass is 32.1. The van der Waals surface area contributed by atoms with Crippen molar-refractivity contribution in [3.8, 4) is 11.5 Å². The molecule has 3 N–H and O–H groups in total. The minimum atomic E-state index is -0.806. The lowest BCUT2D eigenvalue weighted by Crippen LogP contribution is -2.40. The first-order chi connectivity index (χ1) is 15.6. The van der Waals surface area contributed by atoms with Gasteiger partial charge in [-0.15, -0.1) is 11.3 Å². The van der Waals surface area contributed by atoms with Crippen LogP contribution in [-0.2, 0) is 24.3 Å². The number of carbonyl (C=O) groups is 2. The quantitative estimate of drug-likeness (QED) is 0.624. The van der Waals surface area contributed by atoms with E-state index in [1.54, 1.807) is 12.1 Å². The number of hydrogen-bond donors (Lipinski definition) is 2. The van der Waals surface area contributed by atoms with E-state index in [0.717, 1.165) is 23.5 Å². The molecule has 164 valence electrons. The van der Waals surface area contributed by atoms with Crippen LogP contribution in [0.25, 0.3) is 0 Å². The first-order valence-electron chi connectivity index (χ1n) is 10.5. The number of ether oxygens (including phenoxy) is 2. The second-order valence-corrected chi connectivity index (χ2v) is 8.98. The van der Waals surface area contributed by atoms with Gasteiger partial charge in [0.1, 0.15) is 11.6 Å². The summed E-state index contributed by atoms with van der Waals surface area (Å²) in [5.74, 6) is 0.248. The number of primary amides is 1. The molecule has 0 unspecified atom stereocenters. The molecule has 3 aromatic rings. The maximum Gasteiger partial charge on any atom is 0.269 e. The fourth-order valence-corrected chi connectivity index (χ4v) is 5.42. The van der Waals surface area contributed by atoms with Gasteiger partial charge in [0.2, 0.25) is 6.10 Å². The number of thiophene rings is 1. The van der Waals surface area contributed by atoms with Gasteiger partial charge < -0.3 is 20.5 Å². The highest BCUT2D eigenvalue weighted by molar-refractivity contribution is 7.17. The molecule has 5 rings (SSSR count). The van der Waals surface area contributed by atoms with E-state index in [1.807, 2.05) is 30.3 Å². The van der Waals surface area contributed by atoms with Crippen molar-refractivity contribution in [3.05, 3.63) is 76.2 Å². The summed E-state index contributed by atoms with van der Waals surface area (Å²) in [6.45, 7) is 2.47. The van der Waals surface area contributed by atoms with Crippen LogP contribution in [0.4, 0.5) is 5.00 Å². The smallest absolute Gasteiger partial charge is 0.269 e. The highest BCUT2D eigenvalue weighted by Crippen LogP contribution is 2.38. The standard InChI is InChI=1S/C24H23N3O4S/c25-22(28)21-16-10-11-27(12-15-6-2-1-3-7-15)13-20(16)32-24(21)26-23(29)19-14-30-17-8-4-5-9-18(17)31-19/h1-9,19H,10-14H2,(H2,25,28)(H,26,29)/t19-/m1/s1. The average Bonchev–Trinajstić information content (AvgIpc) is 3.16. The van der Waals surface area contributed by atoms with Crippen LogP contribution in [0.15, 0.2) is 54.6 Å². The Balaban J connectivity index is 1.33. The van der Waals surface area contributed by atoms with Crippen LogP contribution in [0.3, 0.4) is 0 Å². The van der Waals surface area contributed by atoms with Crippen molar-refractivity contribution in [2.24, 2.45) is 5.73 Å². The van der Waals surface area contributed by atoms with Crippen molar-refractivity contribution in [1.29, 1.82) is 0 Å². The number of carbonyl (C=O) groups excluding carboxylic acids is 2. The predicted molar refractivity (Wildman–Crippen MR) is 122 cm³/mol. The minimum Gasteiger partial charge on any atom is -0.485 e. The Morgan fingerprint density at radius 2 is 1.84 bits per heavy atom. The van der Waals surface area contributed by atoms with Gasteiger partial charge in [-0.05, 0) is 29.7 Å². The van der Waals surface area contributed by atoms with Crippen LogP contribution in [0.2, 0.25) is 0 Å². The van der Waals surface area contributed by atoms with Gasteiger partial charge in [-0.2, -0.15) is 0 Å². The number of para-hydroxylation sites is 2. The lowest BCUT2D eigenvalue weighted by atomic mass is 10.0. The number of nitrogens with zero attached hydrogens (tertiary/aromatic N) is 1. The van der Waals surface area contributed by atoms with E-state index in [4.69, 9.17) is 15.2 Å². The largest absolute Gasteiger partial charge is 0.485 e. The number of fused-ring (bicyclic) bond motifs is 2. The number of amides is 2. The summed E-state index contributed by atoms with van der Waals surface area (Å²) >= 11 is 1.41. The lowest BCUT2D eigenvalue weighted by molar-refractivity contribution is -0.125. The van der Waals surface area contributed by atoms with Crippen LogP contribution < -0.4 is 20.5 Å². The van der Waals surface area contributed by atoms with E-state index in [2.05, 4.69) is 22.3 Å². The van der Waals surface area contributed by atoms with Gasteiger partial charge in [-0.25, -0.2) is 0 Å². The molecule has 0 radical (unpaired) electrons. The number of benzene rings is 2. The number of nitrogens with one attached hydrogen (secondary N) is 1. The van der Waals surface area contributed by atoms with Crippen LogP contribution in [-0.4, -0.2) is 36.0 Å². The summed E-state index contributed by atoms with van der Waals surface area (Å²) in [5, 5.41) is 3.35. The molecular formula is C24H23N3O4S. The van der Waals surface area contributed by atoms with E-state index < -0.39 is 12.0 Å². The van der Waals surface area contributed by atoms with Gasteiger partial charge in [-0.3, -0.25) is 14.5 Å². The summed E-state index contributed by atoms with van der Waals surface area (Å²) in [6.07, 6.45) is -0.0946. The van der Waals surface area contributed by atoms with Crippen molar-refractivity contribution in [3.63, 3.8) is 0 Å². The van der Waals surface area contributed by atoms with E-state index in [1.165, 1.54) is 16.9 Å². The molecule has 0 aliphatic carbocycles. The molecule has 32 heavy (non-hydrogen) atoms. The Bertz CT molecular complexity index is 1160. The monoisotopic (exact) mass is 449 g/mol. The Morgan fingerprint density at radius 1 is 1.09 bits per heavy atom. The third-order valence-corrected chi connectivity index (χ3v) is 6.80. The van der Waals surface area contributed by atoms with Crippen molar-refractivity contribution in [2.45, 2.75) is 25.6 Å². The van der Waals surface area contributed by atoms with E-state index in [-0.39, 0.29) is 12.5 Å². The lowest BCUT2D eigenvalue weighted by Gasteiger charge is -2.27. The summed E-state index contributed by atoms with van der Waals surface area (Å²) in [4.78, 5) is 28.5. The molecule has 0 saturated carbocycles. The normalized spacial score (nSPS) is 17.4. The molecule has 0 saturated heterocycles. The molecule has 8 heteroatoms. The molecule has 0 fully saturated rings.